The van der Waals surface area contributed by atoms with E-state index in [4.69, 9.17) is 4.74 Å². The number of hydrogen-bond donors (Lipinski definition) is 3. The monoisotopic (exact) mass is 326 g/mol. The molecule has 4 nitrogen and oxygen atoms in total. The molecule has 1 aliphatic heterocycles. The predicted octanol–water partition coefficient (Wildman–Crippen LogP) is 3.87. The fourth-order valence-electron chi connectivity index (χ4n) is 4.31. The minimum absolute atomic E-state index is 0.147. The van der Waals surface area contributed by atoms with Crippen molar-refractivity contribution in [2.24, 2.45) is 5.92 Å². The van der Waals surface area contributed by atoms with Crippen LogP contribution in [0, 0.1) is 5.92 Å². The second-order valence-electron chi connectivity index (χ2n) is 7.11. The Hall–Kier alpha value is -2.20. The van der Waals surface area contributed by atoms with Gasteiger partial charge in [0, 0.05) is 11.5 Å². The first kappa shape index (κ1) is 15.3. The van der Waals surface area contributed by atoms with Gasteiger partial charge in [-0.05, 0) is 61.1 Å². The number of fused-ring (bicyclic) bond motifs is 3. The molecule has 3 N–H and O–H groups in total. The molecule has 1 saturated carbocycles. The molecule has 0 spiro atoms. The smallest absolute Gasteiger partial charge is 0.127 e. The van der Waals surface area contributed by atoms with Crippen LogP contribution in [0.1, 0.15) is 49.3 Å². The van der Waals surface area contributed by atoms with Crippen molar-refractivity contribution < 1.29 is 20.1 Å². The van der Waals surface area contributed by atoms with Gasteiger partial charge in [-0.1, -0.05) is 19.1 Å². The summed E-state index contributed by atoms with van der Waals surface area (Å²) in [5.41, 5.74) is 1.29. The van der Waals surface area contributed by atoms with E-state index in [1.165, 1.54) is 0 Å². The van der Waals surface area contributed by atoms with Crippen molar-refractivity contribution in [1.82, 2.24) is 0 Å². The second kappa shape index (κ2) is 5.42. The molecule has 4 rings (SSSR count). The van der Waals surface area contributed by atoms with Crippen LogP contribution in [0.4, 0.5) is 0 Å². The Morgan fingerprint density at radius 1 is 1.04 bits per heavy atom. The summed E-state index contributed by atoms with van der Waals surface area (Å²) in [5, 5.41) is 30.3. The number of ether oxygens (including phenoxy) is 1. The molecule has 0 amide bonds. The van der Waals surface area contributed by atoms with Gasteiger partial charge in [-0.3, -0.25) is 0 Å². The largest absolute Gasteiger partial charge is 0.508 e. The summed E-state index contributed by atoms with van der Waals surface area (Å²) in [6.45, 7) is 2.01. The van der Waals surface area contributed by atoms with Gasteiger partial charge in [0.2, 0.25) is 0 Å². The lowest BCUT2D eigenvalue weighted by molar-refractivity contribution is 0.0295. The summed E-state index contributed by atoms with van der Waals surface area (Å²) in [6.07, 6.45) is 1.90. The highest BCUT2D eigenvalue weighted by Crippen LogP contribution is 2.57. The predicted molar refractivity (Wildman–Crippen MR) is 90.3 cm³/mol. The highest BCUT2D eigenvalue weighted by Gasteiger charge is 2.50. The van der Waals surface area contributed by atoms with Crippen molar-refractivity contribution in [3.8, 4) is 17.2 Å². The van der Waals surface area contributed by atoms with E-state index in [0.717, 1.165) is 16.9 Å². The van der Waals surface area contributed by atoms with Gasteiger partial charge >= 0.3 is 0 Å². The van der Waals surface area contributed by atoms with Crippen LogP contribution in [0.5, 0.6) is 17.2 Å². The van der Waals surface area contributed by atoms with Crippen LogP contribution in [-0.4, -0.2) is 20.9 Å². The van der Waals surface area contributed by atoms with Gasteiger partial charge in [-0.25, -0.2) is 0 Å². The van der Waals surface area contributed by atoms with E-state index in [-0.39, 0.29) is 29.4 Å². The maximum absolute atomic E-state index is 10.9. The molecule has 126 valence electrons. The zero-order valence-corrected chi connectivity index (χ0v) is 13.6. The Morgan fingerprint density at radius 2 is 1.75 bits per heavy atom. The zero-order valence-electron chi connectivity index (χ0n) is 13.6. The number of hydrogen-bond acceptors (Lipinski definition) is 4. The molecular weight excluding hydrogens is 304 g/mol. The lowest BCUT2D eigenvalue weighted by atomic mass is 9.80. The number of phenols is 2. The Kier molecular flexibility index (Phi) is 3.46. The van der Waals surface area contributed by atoms with E-state index >= 15 is 0 Å². The van der Waals surface area contributed by atoms with Crippen molar-refractivity contribution in [1.29, 1.82) is 0 Å². The third-order valence-electron chi connectivity index (χ3n) is 5.65. The first-order chi connectivity index (χ1) is 11.5. The molecule has 2 aliphatic rings. The summed E-state index contributed by atoms with van der Waals surface area (Å²) >= 11 is 0. The van der Waals surface area contributed by atoms with Crippen LogP contribution < -0.4 is 4.74 Å². The number of aliphatic hydroxyl groups is 1. The normalized spacial score (nSPS) is 31.2. The van der Waals surface area contributed by atoms with Crippen LogP contribution in [0.3, 0.4) is 0 Å². The molecular formula is C20H22O4. The third-order valence-corrected chi connectivity index (χ3v) is 5.65. The van der Waals surface area contributed by atoms with E-state index < -0.39 is 5.60 Å². The molecule has 0 saturated heterocycles. The van der Waals surface area contributed by atoms with Crippen LogP contribution in [0.15, 0.2) is 42.5 Å². The summed E-state index contributed by atoms with van der Waals surface area (Å²) in [6, 6.07) is 12.3. The van der Waals surface area contributed by atoms with Gasteiger partial charge in [0.15, 0.2) is 0 Å². The van der Waals surface area contributed by atoms with E-state index in [9.17, 15) is 15.3 Å². The maximum atomic E-state index is 10.9. The lowest BCUT2D eigenvalue weighted by Gasteiger charge is -2.36. The molecule has 0 radical (unpaired) electrons. The highest BCUT2D eigenvalue weighted by molar-refractivity contribution is 5.46. The first-order valence-corrected chi connectivity index (χ1v) is 8.50. The van der Waals surface area contributed by atoms with E-state index in [0.29, 0.717) is 19.3 Å². The number of aromatic hydroxyl groups is 2. The summed E-state index contributed by atoms with van der Waals surface area (Å²) in [7, 11) is 0. The van der Waals surface area contributed by atoms with Crippen molar-refractivity contribution in [2.75, 3.05) is 0 Å². The molecule has 24 heavy (non-hydrogen) atoms. The summed E-state index contributed by atoms with van der Waals surface area (Å²) in [5.74, 6) is 1.53. The fraction of sp³-hybridized carbons (Fsp3) is 0.400. The van der Waals surface area contributed by atoms with Crippen molar-refractivity contribution in [3.05, 3.63) is 53.6 Å². The van der Waals surface area contributed by atoms with Crippen LogP contribution in [-0.2, 0) is 0 Å². The Morgan fingerprint density at radius 3 is 2.46 bits per heavy atom. The average Bonchev–Trinajstić information content (AvgIpc) is 2.94. The lowest BCUT2D eigenvalue weighted by Crippen LogP contribution is -2.27. The molecule has 0 bridgehead atoms. The van der Waals surface area contributed by atoms with Crippen molar-refractivity contribution in [2.45, 2.75) is 43.8 Å². The minimum atomic E-state index is -0.694. The highest BCUT2D eigenvalue weighted by atomic mass is 16.5. The Balaban J connectivity index is 1.79. The number of benzene rings is 2. The van der Waals surface area contributed by atoms with Gasteiger partial charge in [-0.2, -0.15) is 0 Å². The first-order valence-electron chi connectivity index (χ1n) is 8.50. The average molecular weight is 326 g/mol. The third kappa shape index (κ3) is 2.42. The zero-order chi connectivity index (χ0) is 16.9. The number of rotatable bonds is 2. The molecule has 2 aromatic carbocycles. The maximum Gasteiger partial charge on any atom is 0.127 e. The molecule has 0 aromatic heterocycles. The quantitative estimate of drug-likeness (QED) is 0.783. The van der Waals surface area contributed by atoms with E-state index in [2.05, 4.69) is 0 Å². The second-order valence-corrected chi connectivity index (χ2v) is 7.11. The molecule has 4 unspecified atom stereocenters. The molecule has 1 aliphatic carbocycles. The van der Waals surface area contributed by atoms with Crippen molar-refractivity contribution >= 4 is 0 Å². The molecule has 1 fully saturated rings. The van der Waals surface area contributed by atoms with Crippen molar-refractivity contribution in [3.63, 3.8) is 0 Å². The van der Waals surface area contributed by atoms with E-state index in [1.807, 2.05) is 19.1 Å². The molecule has 1 heterocycles. The Bertz CT molecular complexity index is 755. The standard InChI is InChI=1S/C20H22O4/c1-2-20(23)10-16-15-9-14(22)7-8-18(15)24-19(17(16)11-20)12-3-5-13(21)6-4-12/h3-9,16-17,19,21-23H,2,10-11H2,1H3. The topological polar surface area (TPSA) is 69.9 Å². The van der Waals surface area contributed by atoms with Gasteiger partial charge < -0.3 is 20.1 Å². The van der Waals surface area contributed by atoms with Crippen LogP contribution in [0.2, 0.25) is 0 Å². The van der Waals surface area contributed by atoms with Gasteiger partial charge in [0.1, 0.15) is 23.4 Å². The Labute approximate surface area is 141 Å². The van der Waals surface area contributed by atoms with Crippen LogP contribution in [0.25, 0.3) is 0 Å². The van der Waals surface area contributed by atoms with E-state index in [1.54, 1.807) is 30.3 Å². The minimum Gasteiger partial charge on any atom is -0.508 e. The van der Waals surface area contributed by atoms with Gasteiger partial charge in [-0.15, -0.1) is 0 Å². The summed E-state index contributed by atoms with van der Waals surface area (Å²) < 4.78 is 6.26. The fourth-order valence-corrected chi connectivity index (χ4v) is 4.31. The van der Waals surface area contributed by atoms with Gasteiger partial charge in [0.05, 0.1) is 5.60 Å². The van der Waals surface area contributed by atoms with Gasteiger partial charge in [0.25, 0.3) is 0 Å². The SMILES string of the molecule is CCC1(O)CC2c3cc(O)ccc3OC(c3ccc(O)cc3)C2C1. The summed E-state index contributed by atoms with van der Waals surface area (Å²) in [4.78, 5) is 0. The molecule has 4 heteroatoms. The molecule has 2 aromatic rings. The molecule has 4 atom stereocenters. The number of phenolic OH excluding ortho intramolecular Hbond substituents is 2. The van der Waals surface area contributed by atoms with Crippen LogP contribution >= 0.6 is 0 Å².